The van der Waals surface area contributed by atoms with Crippen molar-refractivity contribution in [1.82, 2.24) is 10.2 Å². The van der Waals surface area contributed by atoms with E-state index in [-0.39, 0.29) is 47.7 Å². The lowest BCUT2D eigenvalue weighted by atomic mass is 9.96. The normalized spacial score (nSPS) is 22.0. The zero-order chi connectivity index (χ0) is 27.3. The first-order valence-electron chi connectivity index (χ1n) is 11.6. The van der Waals surface area contributed by atoms with E-state index in [2.05, 4.69) is 5.32 Å². The minimum absolute atomic E-state index is 0.0552. The summed E-state index contributed by atoms with van der Waals surface area (Å²) in [5.41, 5.74) is -2.94. The van der Waals surface area contributed by atoms with Crippen molar-refractivity contribution in [3.05, 3.63) is 65.0 Å². The third kappa shape index (κ3) is 5.64. The molecule has 0 bridgehead atoms. The summed E-state index contributed by atoms with van der Waals surface area (Å²) in [5.74, 6) is -2.58. The average Bonchev–Trinajstić information content (AvgIpc) is 3.43. The molecular weight excluding hydrogens is 516 g/mol. The number of hydrogen-bond acceptors (Lipinski definition) is 5. The fourth-order valence-electron chi connectivity index (χ4n) is 4.64. The van der Waals surface area contributed by atoms with Crippen LogP contribution in [-0.2, 0) is 20.8 Å². The van der Waals surface area contributed by atoms with Crippen LogP contribution in [0.2, 0.25) is 0 Å². The number of likely N-dealkylation sites (tertiary alicyclic amines) is 1. The predicted octanol–water partition coefficient (Wildman–Crippen LogP) is 3.48. The molecule has 2 aromatic carbocycles. The van der Waals surface area contributed by atoms with Crippen LogP contribution < -0.4 is 5.32 Å². The van der Waals surface area contributed by atoms with E-state index in [0.717, 1.165) is 12.3 Å². The van der Waals surface area contributed by atoms with E-state index in [1.54, 1.807) is 0 Å². The molecule has 2 amide bonds. The Hall–Kier alpha value is -2.99. The van der Waals surface area contributed by atoms with E-state index in [9.17, 15) is 40.7 Å². The van der Waals surface area contributed by atoms with E-state index in [1.807, 2.05) is 6.92 Å². The standard InChI is InChI=1S/C25H26F4N2O5S/c1-14-10-20(31(13-14)23(33)15-4-3-5-17(11-15)37(2,35)36)22(32)30-21(24(34)8-9-24)18-7-6-16(12-19(18)26)25(27,28)29/h3-7,11-12,14,20-21,34H,8-10,13H2,1-2H3,(H,30,32)/t14-,20-,21+/m1/s1. The summed E-state index contributed by atoms with van der Waals surface area (Å²) in [6.07, 6.45) is -3.08. The highest BCUT2D eigenvalue weighted by Crippen LogP contribution is 2.47. The van der Waals surface area contributed by atoms with Crippen molar-refractivity contribution in [3.8, 4) is 0 Å². The lowest BCUT2D eigenvalue weighted by Gasteiger charge is -2.29. The molecule has 1 saturated carbocycles. The van der Waals surface area contributed by atoms with Crippen LogP contribution in [0.15, 0.2) is 47.4 Å². The van der Waals surface area contributed by atoms with E-state index < -0.39 is 56.9 Å². The van der Waals surface area contributed by atoms with Gasteiger partial charge < -0.3 is 15.3 Å². The molecule has 12 heteroatoms. The molecule has 0 spiro atoms. The summed E-state index contributed by atoms with van der Waals surface area (Å²) in [7, 11) is -3.58. The molecule has 4 rings (SSSR count). The van der Waals surface area contributed by atoms with Crippen molar-refractivity contribution < 1.29 is 40.7 Å². The van der Waals surface area contributed by atoms with Crippen LogP contribution in [0.4, 0.5) is 17.6 Å². The van der Waals surface area contributed by atoms with Crippen molar-refractivity contribution in [3.63, 3.8) is 0 Å². The van der Waals surface area contributed by atoms with E-state index in [0.29, 0.717) is 12.1 Å². The van der Waals surface area contributed by atoms with Gasteiger partial charge in [0.05, 0.1) is 22.1 Å². The second-order valence-electron chi connectivity index (χ2n) is 9.89. The number of sulfone groups is 1. The molecule has 1 aliphatic carbocycles. The van der Waals surface area contributed by atoms with Gasteiger partial charge in [0.1, 0.15) is 11.9 Å². The third-order valence-corrected chi connectivity index (χ3v) is 7.92. The first-order chi connectivity index (χ1) is 17.1. The Morgan fingerprint density at radius 2 is 1.84 bits per heavy atom. The van der Waals surface area contributed by atoms with Gasteiger partial charge in [-0.05, 0) is 55.5 Å². The number of carbonyl (C=O) groups excluding carboxylic acids is 2. The highest BCUT2D eigenvalue weighted by Gasteiger charge is 2.51. The summed E-state index contributed by atoms with van der Waals surface area (Å²) in [6.45, 7) is 2.02. The van der Waals surface area contributed by atoms with Crippen molar-refractivity contribution in [2.45, 2.75) is 54.9 Å². The van der Waals surface area contributed by atoms with Gasteiger partial charge in [0, 0.05) is 23.9 Å². The quantitative estimate of drug-likeness (QED) is 0.544. The maximum Gasteiger partial charge on any atom is 0.416 e. The fourth-order valence-corrected chi connectivity index (χ4v) is 5.31. The van der Waals surface area contributed by atoms with Crippen molar-refractivity contribution in [2.75, 3.05) is 12.8 Å². The number of aliphatic hydroxyl groups is 1. The molecule has 1 saturated heterocycles. The molecule has 1 aliphatic heterocycles. The number of alkyl halides is 3. The molecule has 3 atom stereocenters. The summed E-state index contributed by atoms with van der Waals surface area (Å²) in [4.78, 5) is 27.9. The van der Waals surface area contributed by atoms with Gasteiger partial charge in [-0.3, -0.25) is 9.59 Å². The Balaban J connectivity index is 1.60. The molecule has 2 aromatic rings. The number of amides is 2. The average molecular weight is 543 g/mol. The molecule has 37 heavy (non-hydrogen) atoms. The van der Waals surface area contributed by atoms with Gasteiger partial charge in [-0.25, -0.2) is 12.8 Å². The second-order valence-corrected chi connectivity index (χ2v) is 11.9. The van der Waals surface area contributed by atoms with Gasteiger partial charge in [0.15, 0.2) is 9.84 Å². The van der Waals surface area contributed by atoms with E-state index in [1.165, 1.54) is 29.2 Å². The molecular formula is C25H26F4N2O5S. The van der Waals surface area contributed by atoms with Gasteiger partial charge in [-0.2, -0.15) is 13.2 Å². The smallest absolute Gasteiger partial charge is 0.387 e. The summed E-state index contributed by atoms with van der Waals surface area (Å²) in [6, 6.07) is 5.01. The zero-order valence-electron chi connectivity index (χ0n) is 20.0. The molecule has 7 nitrogen and oxygen atoms in total. The molecule has 2 aliphatic rings. The number of carbonyl (C=O) groups is 2. The molecule has 200 valence electrons. The van der Waals surface area contributed by atoms with Crippen molar-refractivity contribution in [2.24, 2.45) is 5.92 Å². The minimum atomic E-state index is -4.76. The van der Waals surface area contributed by atoms with Gasteiger partial charge in [0.25, 0.3) is 5.91 Å². The second kappa shape index (κ2) is 9.39. The van der Waals surface area contributed by atoms with Crippen molar-refractivity contribution >= 4 is 21.7 Å². The van der Waals surface area contributed by atoms with E-state index >= 15 is 0 Å². The molecule has 2 fully saturated rings. The van der Waals surface area contributed by atoms with Gasteiger partial charge in [0.2, 0.25) is 5.91 Å². The minimum Gasteiger partial charge on any atom is -0.387 e. The Morgan fingerprint density at radius 3 is 2.41 bits per heavy atom. The number of nitrogens with one attached hydrogen (secondary N) is 1. The fraction of sp³-hybridized carbons (Fsp3) is 0.440. The summed E-state index contributed by atoms with van der Waals surface area (Å²) >= 11 is 0. The third-order valence-electron chi connectivity index (χ3n) is 6.81. The SMILES string of the molecule is C[C@@H]1C[C@H](C(=O)N[C@@H](c2ccc(C(F)(F)F)cc2F)C2(O)CC2)N(C(=O)c2cccc(S(C)(=O)=O)c2)C1. The first kappa shape index (κ1) is 27.1. The first-order valence-corrected chi connectivity index (χ1v) is 13.5. The molecule has 0 aromatic heterocycles. The van der Waals surface area contributed by atoms with Crippen molar-refractivity contribution in [1.29, 1.82) is 0 Å². The monoisotopic (exact) mass is 542 g/mol. The highest BCUT2D eigenvalue weighted by molar-refractivity contribution is 7.90. The largest absolute Gasteiger partial charge is 0.416 e. The zero-order valence-corrected chi connectivity index (χ0v) is 20.9. The van der Waals surface area contributed by atoms with E-state index in [4.69, 9.17) is 0 Å². The lowest BCUT2D eigenvalue weighted by Crippen LogP contribution is -2.49. The van der Waals surface area contributed by atoms with Crippen LogP contribution in [0.1, 0.15) is 53.7 Å². The Morgan fingerprint density at radius 1 is 1.16 bits per heavy atom. The van der Waals surface area contributed by atoms with Gasteiger partial charge in [-0.1, -0.05) is 19.1 Å². The predicted molar refractivity (Wildman–Crippen MR) is 125 cm³/mol. The number of halogens is 4. The molecule has 1 heterocycles. The van der Waals surface area contributed by atoms with Crippen LogP contribution >= 0.6 is 0 Å². The Kier molecular flexibility index (Phi) is 6.87. The van der Waals surface area contributed by atoms with Crippen LogP contribution in [0.25, 0.3) is 0 Å². The topological polar surface area (TPSA) is 104 Å². The number of nitrogens with zero attached hydrogens (tertiary/aromatic N) is 1. The summed E-state index contributed by atoms with van der Waals surface area (Å²) in [5, 5.41) is 13.3. The van der Waals surface area contributed by atoms with Crippen LogP contribution in [-0.4, -0.2) is 54.7 Å². The lowest BCUT2D eigenvalue weighted by molar-refractivity contribution is -0.137. The Labute approximate surface area is 211 Å². The van der Waals surface area contributed by atoms with Crippen LogP contribution in [0.5, 0.6) is 0 Å². The summed E-state index contributed by atoms with van der Waals surface area (Å²) < 4.78 is 77.5. The van der Waals surface area contributed by atoms with Gasteiger partial charge in [-0.15, -0.1) is 0 Å². The highest BCUT2D eigenvalue weighted by atomic mass is 32.2. The maximum absolute atomic E-state index is 14.8. The van der Waals surface area contributed by atoms with Gasteiger partial charge >= 0.3 is 6.18 Å². The molecule has 0 unspecified atom stereocenters. The number of rotatable bonds is 6. The maximum atomic E-state index is 14.8. The Bertz CT molecular complexity index is 1340. The number of benzene rings is 2. The molecule has 0 radical (unpaired) electrons. The van der Waals surface area contributed by atoms with Crippen LogP contribution in [0.3, 0.4) is 0 Å². The molecule has 2 N–H and O–H groups in total. The number of hydrogen-bond donors (Lipinski definition) is 2. The van der Waals surface area contributed by atoms with Crippen LogP contribution in [0, 0.1) is 11.7 Å².